The number of carbonyl (C=O) groups excluding carboxylic acids is 1. The minimum absolute atomic E-state index is 0.0376. The molecule has 20 heavy (non-hydrogen) atoms. The maximum atomic E-state index is 12.4. The van der Waals surface area contributed by atoms with Gasteiger partial charge in [-0.05, 0) is 25.1 Å². The smallest absolute Gasteiger partial charge is 0.416 e. The molecule has 0 aromatic heterocycles. The second kappa shape index (κ2) is 7.19. The standard InChI is InChI=1S/C13H13ClF3NO2/c1-2-20-12(19)4-3-7-18-11-6-5-9(8-10(11)14)13(15,16)17/h3-6,8,18H,2,7H2,1H3/b4-3+. The lowest BCUT2D eigenvalue weighted by molar-refractivity contribution is -0.138. The van der Waals surface area contributed by atoms with Crippen LogP contribution in [0, 0.1) is 0 Å². The van der Waals surface area contributed by atoms with Crippen molar-refractivity contribution in [1.29, 1.82) is 0 Å². The van der Waals surface area contributed by atoms with Crippen LogP contribution < -0.4 is 5.32 Å². The summed E-state index contributed by atoms with van der Waals surface area (Å²) in [5.74, 6) is -0.479. The first-order chi connectivity index (χ1) is 9.34. The number of carbonyl (C=O) groups is 1. The number of hydrogen-bond acceptors (Lipinski definition) is 3. The molecule has 0 amide bonds. The van der Waals surface area contributed by atoms with Crippen molar-refractivity contribution in [3.8, 4) is 0 Å². The first-order valence-electron chi connectivity index (χ1n) is 5.78. The number of nitrogens with one attached hydrogen (secondary N) is 1. The van der Waals surface area contributed by atoms with Gasteiger partial charge in [0.05, 0.1) is 22.9 Å². The van der Waals surface area contributed by atoms with E-state index in [-0.39, 0.29) is 18.2 Å². The summed E-state index contributed by atoms with van der Waals surface area (Å²) in [5.41, 5.74) is -0.455. The zero-order chi connectivity index (χ0) is 15.2. The van der Waals surface area contributed by atoms with E-state index in [0.717, 1.165) is 12.1 Å². The molecule has 0 bridgehead atoms. The lowest BCUT2D eigenvalue weighted by Crippen LogP contribution is -2.06. The minimum atomic E-state index is -4.42. The summed E-state index contributed by atoms with van der Waals surface area (Å²) in [4.78, 5) is 11.0. The number of hydrogen-bond donors (Lipinski definition) is 1. The number of benzene rings is 1. The van der Waals surface area contributed by atoms with Crippen LogP contribution in [0.3, 0.4) is 0 Å². The van der Waals surface area contributed by atoms with Crippen molar-refractivity contribution in [3.05, 3.63) is 40.9 Å². The Morgan fingerprint density at radius 2 is 2.15 bits per heavy atom. The summed E-state index contributed by atoms with van der Waals surface area (Å²) in [6, 6.07) is 3.02. The Morgan fingerprint density at radius 3 is 2.70 bits per heavy atom. The SMILES string of the molecule is CCOC(=O)/C=C/CNc1ccc(C(F)(F)F)cc1Cl. The molecule has 1 aromatic rings. The summed E-state index contributed by atoms with van der Waals surface area (Å²) < 4.78 is 41.9. The van der Waals surface area contributed by atoms with Crippen molar-refractivity contribution in [3.63, 3.8) is 0 Å². The average molecular weight is 308 g/mol. The number of esters is 1. The van der Waals surface area contributed by atoms with E-state index in [1.807, 2.05) is 0 Å². The van der Waals surface area contributed by atoms with Crippen molar-refractivity contribution >= 4 is 23.3 Å². The quantitative estimate of drug-likeness (QED) is 0.662. The highest BCUT2D eigenvalue weighted by Crippen LogP contribution is 2.33. The van der Waals surface area contributed by atoms with Crippen LogP contribution in [0.2, 0.25) is 5.02 Å². The fourth-order valence-electron chi connectivity index (χ4n) is 1.35. The molecule has 0 aliphatic carbocycles. The molecular formula is C13H13ClF3NO2. The van der Waals surface area contributed by atoms with Crippen LogP contribution in [0.25, 0.3) is 0 Å². The average Bonchev–Trinajstić information content (AvgIpc) is 2.35. The van der Waals surface area contributed by atoms with E-state index in [4.69, 9.17) is 11.6 Å². The van der Waals surface area contributed by atoms with Crippen LogP contribution in [0.5, 0.6) is 0 Å². The van der Waals surface area contributed by atoms with E-state index < -0.39 is 17.7 Å². The number of alkyl halides is 3. The molecule has 0 radical (unpaired) electrons. The molecule has 1 rings (SSSR count). The second-order valence-electron chi connectivity index (χ2n) is 3.73. The molecule has 1 N–H and O–H groups in total. The van der Waals surface area contributed by atoms with Crippen LogP contribution in [0.15, 0.2) is 30.4 Å². The Morgan fingerprint density at radius 1 is 1.45 bits per heavy atom. The molecule has 1 aromatic carbocycles. The highest BCUT2D eigenvalue weighted by Gasteiger charge is 2.30. The van der Waals surface area contributed by atoms with Crippen LogP contribution >= 0.6 is 11.6 Å². The fourth-order valence-corrected chi connectivity index (χ4v) is 1.60. The second-order valence-corrected chi connectivity index (χ2v) is 4.13. The molecule has 0 fully saturated rings. The molecule has 3 nitrogen and oxygen atoms in total. The van der Waals surface area contributed by atoms with E-state index in [0.29, 0.717) is 5.69 Å². The molecule has 0 aliphatic heterocycles. The topological polar surface area (TPSA) is 38.3 Å². The van der Waals surface area contributed by atoms with Gasteiger partial charge in [-0.3, -0.25) is 0 Å². The van der Waals surface area contributed by atoms with E-state index in [9.17, 15) is 18.0 Å². The Labute approximate surface area is 119 Å². The van der Waals surface area contributed by atoms with Gasteiger partial charge in [-0.2, -0.15) is 13.2 Å². The van der Waals surface area contributed by atoms with E-state index in [1.54, 1.807) is 6.92 Å². The van der Waals surface area contributed by atoms with Gasteiger partial charge in [-0.25, -0.2) is 4.79 Å². The summed E-state index contributed by atoms with van der Waals surface area (Å²) in [6.45, 7) is 2.21. The molecule has 0 unspecified atom stereocenters. The van der Waals surface area contributed by atoms with Gasteiger partial charge < -0.3 is 10.1 Å². The maximum absolute atomic E-state index is 12.4. The van der Waals surface area contributed by atoms with Gasteiger partial charge in [-0.15, -0.1) is 0 Å². The van der Waals surface area contributed by atoms with E-state index >= 15 is 0 Å². The Hall–Kier alpha value is -1.69. The van der Waals surface area contributed by atoms with Gasteiger partial charge in [0.25, 0.3) is 0 Å². The van der Waals surface area contributed by atoms with Gasteiger partial charge >= 0.3 is 12.1 Å². The first kappa shape index (κ1) is 16.4. The highest BCUT2D eigenvalue weighted by atomic mass is 35.5. The van der Waals surface area contributed by atoms with Gasteiger partial charge in [0.15, 0.2) is 0 Å². The predicted molar refractivity (Wildman–Crippen MR) is 70.7 cm³/mol. The summed E-state index contributed by atoms with van der Waals surface area (Å²) in [6.07, 6.45) is -1.70. The Bertz CT molecular complexity index is 501. The first-order valence-corrected chi connectivity index (χ1v) is 6.16. The largest absolute Gasteiger partial charge is 0.463 e. The third-order valence-electron chi connectivity index (χ3n) is 2.25. The molecule has 0 heterocycles. The molecular weight excluding hydrogens is 295 g/mol. The zero-order valence-electron chi connectivity index (χ0n) is 10.6. The molecule has 7 heteroatoms. The third kappa shape index (κ3) is 5.13. The van der Waals surface area contributed by atoms with E-state index in [2.05, 4.69) is 10.1 Å². The molecule has 110 valence electrons. The van der Waals surface area contributed by atoms with Crippen molar-refractivity contribution in [1.82, 2.24) is 0 Å². The predicted octanol–water partition coefficient (Wildman–Crippen LogP) is 3.89. The minimum Gasteiger partial charge on any atom is -0.463 e. The van der Waals surface area contributed by atoms with Gasteiger partial charge in [0.2, 0.25) is 0 Å². The third-order valence-corrected chi connectivity index (χ3v) is 2.56. The lowest BCUT2D eigenvalue weighted by Gasteiger charge is -2.10. The number of ether oxygens (including phenoxy) is 1. The van der Waals surface area contributed by atoms with Crippen LogP contribution in [0.4, 0.5) is 18.9 Å². The normalized spacial score (nSPS) is 11.7. The highest BCUT2D eigenvalue weighted by molar-refractivity contribution is 6.33. The lowest BCUT2D eigenvalue weighted by atomic mass is 10.2. The maximum Gasteiger partial charge on any atom is 0.416 e. The summed E-state index contributed by atoms with van der Waals surface area (Å²) in [5, 5.41) is 2.76. The molecule has 0 aliphatic rings. The molecule has 0 spiro atoms. The Kier molecular flexibility index (Phi) is 5.88. The molecule has 0 atom stereocenters. The number of rotatable bonds is 5. The van der Waals surface area contributed by atoms with Crippen LogP contribution in [-0.2, 0) is 15.7 Å². The number of anilines is 1. The molecule has 0 saturated heterocycles. The summed E-state index contributed by atoms with van der Waals surface area (Å²) in [7, 11) is 0. The van der Waals surface area contributed by atoms with Crippen molar-refractivity contribution in [2.24, 2.45) is 0 Å². The van der Waals surface area contributed by atoms with Crippen LogP contribution in [0.1, 0.15) is 12.5 Å². The summed E-state index contributed by atoms with van der Waals surface area (Å²) >= 11 is 5.75. The molecule has 0 saturated carbocycles. The van der Waals surface area contributed by atoms with Gasteiger partial charge in [0, 0.05) is 12.6 Å². The zero-order valence-corrected chi connectivity index (χ0v) is 11.4. The van der Waals surface area contributed by atoms with Crippen molar-refractivity contribution in [2.45, 2.75) is 13.1 Å². The fraction of sp³-hybridized carbons (Fsp3) is 0.308. The Balaban J connectivity index is 2.60. The van der Waals surface area contributed by atoms with Gasteiger partial charge in [-0.1, -0.05) is 17.7 Å². The monoisotopic (exact) mass is 307 g/mol. The number of halogens is 4. The van der Waals surface area contributed by atoms with Gasteiger partial charge in [0.1, 0.15) is 0 Å². The van der Waals surface area contributed by atoms with Crippen molar-refractivity contribution < 1.29 is 22.7 Å². The van der Waals surface area contributed by atoms with E-state index in [1.165, 1.54) is 18.2 Å². The van der Waals surface area contributed by atoms with Crippen LogP contribution in [-0.4, -0.2) is 19.1 Å². The van der Waals surface area contributed by atoms with Crippen molar-refractivity contribution in [2.75, 3.05) is 18.5 Å².